The quantitative estimate of drug-likeness (QED) is 0.252. The molecule has 0 fully saturated rings. The average molecular weight is 597 g/mol. The van der Waals surface area contributed by atoms with Gasteiger partial charge in [-0.1, -0.05) is 81.1 Å². The molecule has 1 unspecified atom stereocenters. The van der Waals surface area contributed by atoms with Gasteiger partial charge in [-0.05, 0) is 59.5 Å². The molecule has 0 bridgehead atoms. The summed E-state index contributed by atoms with van der Waals surface area (Å²) in [5, 5.41) is 7.42. The number of halogens is 2. The predicted octanol–water partition coefficient (Wildman–Crippen LogP) is 7.12. The minimum atomic E-state index is 0.425. The van der Waals surface area contributed by atoms with Gasteiger partial charge in [-0.15, -0.1) is 0 Å². The van der Waals surface area contributed by atoms with Crippen molar-refractivity contribution >= 4 is 43.8 Å². The fourth-order valence-corrected chi connectivity index (χ4v) is 5.71. The van der Waals surface area contributed by atoms with Crippen LogP contribution in [0.1, 0.15) is 23.6 Å². The molecule has 3 aromatic rings. The Kier molecular flexibility index (Phi) is 12.3. The molecule has 0 saturated heterocycles. The van der Waals surface area contributed by atoms with Crippen LogP contribution in [0, 0.1) is 0 Å². The molecule has 3 aromatic carbocycles. The van der Waals surface area contributed by atoms with E-state index < -0.39 is 0 Å². The summed E-state index contributed by atoms with van der Waals surface area (Å²) >= 11 is 9.14. The third-order valence-corrected chi connectivity index (χ3v) is 7.20. The molecular formula is C26H31Br2NO3S. The van der Waals surface area contributed by atoms with Gasteiger partial charge in [0.15, 0.2) is 0 Å². The van der Waals surface area contributed by atoms with E-state index in [0.29, 0.717) is 5.25 Å². The molecule has 0 spiro atoms. The second kappa shape index (κ2) is 14.7. The minimum Gasteiger partial charge on any atom is -0.497 e. The molecule has 0 radical (unpaired) electrons. The molecule has 33 heavy (non-hydrogen) atoms. The lowest BCUT2D eigenvalue weighted by Gasteiger charge is -2.25. The van der Waals surface area contributed by atoms with E-state index in [1.165, 1.54) is 16.7 Å². The molecular weight excluding hydrogens is 566 g/mol. The molecule has 0 aromatic heterocycles. The van der Waals surface area contributed by atoms with Crippen molar-refractivity contribution < 1.29 is 14.6 Å². The van der Waals surface area contributed by atoms with Gasteiger partial charge in [0.2, 0.25) is 0 Å². The van der Waals surface area contributed by atoms with E-state index in [2.05, 4.69) is 85.6 Å². The highest BCUT2D eigenvalue weighted by atomic mass is 79.9. The zero-order valence-electron chi connectivity index (χ0n) is 19.4. The van der Waals surface area contributed by atoms with E-state index in [1.807, 2.05) is 36.2 Å². The SMILES string of the molecule is CO.COc1ccc(CN(Cc2ccc(OC)cc2)SC(C)Cc2ccc(Br)cc2Br)cc1. The molecule has 0 amide bonds. The van der Waals surface area contributed by atoms with Gasteiger partial charge in [-0.3, -0.25) is 0 Å². The van der Waals surface area contributed by atoms with Crippen LogP contribution in [-0.4, -0.2) is 36.0 Å². The van der Waals surface area contributed by atoms with Crippen molar-refractivity contribution in [2.45, 2.75) is 31.7 Å². The molecule has 0 saturated carbocycles. The fourth-order valence-electron chi connectivity index (χ4n) is 3.29. The van der Waals surface area contributed by atoms with Crippen LogP contribution < -0.4 is 9.47 Å². The predicted molar refractivity (Wildman–Crippen MR) is 146 cm³/mol. The number of rotatable bonds is 10. The Labute approximate surface area is 218 Å². The molecule has 0 aliphatic heterocycles. The second-order valence-corrected chi connectivity index (χ2v) is 10.7. The van der Waals surface area contributed by atoms with Crippen molar-refractivity contribution in [1.82, 2.24) is 4.31 Å². The maximum atomic E-state index is 7.00. The van der Waals surface area contributed by atoms with Gasteiger partial charge < -0.3 is 14.6 Å². The van der Waals surface area contributed by atoms with Gasteiger partial charge >= 0.3 is 0 Å². The summed E-state index contributed by atoms with van der Waals surface area (Å²) in [5.41, 5.74) is 3.84. The van der Waals surface area contributed by atoms with Crippen molar-refractivity contribution in [3.63, 3.8) is 0 Å². The Morgan fingerprint density at radius 1 is 0.818 bits per heavy atom. The fraction of sp³-hybridized carbons (Fsp3) is 0.308. The number of aliphatic hydroxyl groups excluding tert-OH is 1. The number of aliphatic hydroxyl groups is 1. The van der Waals surface area contributed by atoms with Crippen LogP contribution in [0.25, 0.3) is 0 Å². The minimum absolute atomic E-state index is 0.425. The Hall–Kier alpha value is -1.51. The molecule has 178 valence electrons. The standard InChI is InChI=1S/C25H27Br2NO2S.CH4O/c1-18(14-21-8-9-22(26)15-25(21)27)31-28(16-19-4-10-23(29-2)11-5-19)17-20-6-12-24(30-3)13-7-20;1-2/h4-13,15,18H,14,16-17H2,1-3H3;2H,1H3. The Bertz CT molecular complexity index is 919. The number of methoxy groups -OCH3 is 2. The first-order chi connectivity index (χ1) is 16.0. The van der Waals surface area contributed by atoms with Crippen LogP contribution in [0.2, 0.25) is 0 Å². The number of hydrogen-bond donors (Lipinski definition) is 1. The smallest absolute Gasteiger partial charge is 0.118 e. The summed E-state index contributed by atoms with van der Waals surface area (Å²) < 4.78 is 15.3. The number of nitrogens with zero attached hydrogens (tertiary/aromatic N) is 1. The van der Waals surface area contributed by atoms with Gasteiger partial charge in [0, 0.05) is 34.4 Å². The number of ether oxygens (including phenoxy) is 2. The van der Waals surface area contributed by atoms with Crippen LogP contribution >= 0.6 is 43.8 Å². The molecule has 4 nitrogen and oxygen atoms in total. The molecule has 0 heterocycles. The van der Waals surface area contributed by atoms with E-state index in [4.69, 9.17) is 14.6 Å². The van der Waals surface area contributed by atoms with Gasteiger partial charge in [-0.25, -0.2) is 4.31 Å². The van der Waals surface area contributed by atoms with E-state index in [0.717, 1.165) is 47.1 Å². The Morgan fingerprint density at radius 2 is 1.30 bits per heavy atom. The van der Waals surface area contributed by atoms with Crippen molar-refractivity contribution in [2.24, 2.45) is 0 Å². The summed E-state index contributed by atoms with van der Waals surface area (Å²) in [4.78, 5) is 0. The number of benzene rings is 3. The van der Waals surface area contributed by atoms with Gasteiger partial charge in [0.05, 0.1) is 14.2 Å². The van der Waals surface area contributed by atoms with E-state index in [1.54, 1.807) is 14.2 Å². The molecule has 1 N–H and O–H groups in total. The van der Waals surface area contributed by atoms with E-state index in [9.17, 15) is 0 Å². The van der Waals surface area contributed by atoms with Crippen molar-refractivity contribution in [1.29, 1.82) is 0 Å². The third-order valence-electron chi connectivity index (χ3n) is 4.89. The Morgan fingerprint density at radius 3 is 1.73 bits per heavy atom. The maximum absolute atomic E-state index is 7.00. The van der Waals surface area contributed by atoms with Crippen LogP contribution in [0.3, 0.4) is 0 Å². The summed E-state index contributed by atoms with van der Waals surface area (Å²) in [6, 6.07) is 23.0. The van der Waals surface area contributed by atoms with Crippen LogP contribution in [0.15, 0.2) is 75.7 Å². The first kappa shape index (κ1) is 27.7. The largest absolute Gasteiger partial charge is 0.497 e. The monoisotopic (exact) mass is 595 g/mol. The lowest BCUT2D eigenvalue weighted by atomic mass is 10.1. The first-order valence-electron chi connectivity index (χ1n) is 10.5. The first-order valence-corrected chi connectivity index (χ1v) is 13.0. The van der Waals surface area contributed by atoms with Crippen LogP contribution in [0.5, 0.6) is 11.5 Å². The summed E-state index contributed by atoms with van der Waals surface area (Å²) in [7, 11) is 4.39. The zero-order chi connectivity index (χ0) is 24.2. The van der Waals surface area contributed by atoms with Crippen molar-refractivity contribution in [2.75, 3.05) is 21.3 Å². The van der Waals surface area contributed by atoms with E-state index in [-0.39, 0.29) is 0 Å². The highest BCUT2D eigenvalue weighted by molar-refractivity contribution is 9.11. The normalized spacial score (nSPS) is 11.5. The summed E-state index contributed by atoms with van der Waals surface area (Å²) in [5.74, 6) is 1.76. The Balaban J connectivity index is 0.00000187. The molecule has 0 aliphatic carbocycles. The number of hydrogen-bond acceptors (Lipinski definition) is 5. The van der Waals surface area contributed by atoms with Crippen molar-refractivity contribution in [3.8, 4) is 11.5 Å². The summed E-state index contributed by atoms with van der Waals surface area (Å²) in [6.45, 7) is 3.99. The summed E-state index contributed by atoms with van der Waals surface area (Å²) in [6.07, 6.45) is 0.986. The molecule has 0 aliphatic rings. The maximum Gasteiger partial charge on any atom is 0.118 e. The van der Waals surface area contributed by atoms with Crippen LogP contribution in [-0.2, 0) is 19.5 Å². The zero-order valence-corrected chi connectivity index (χ0v) is 23.4. The third kappa shape index (κ3) is 9.33. The van der Waals surface area contributed by atoms with Crippen molar-refractivity contribution in [3.05, 3.63) is 92.4 Å². The van der Waals surface area contributed by atoms with E-state index >= 15 is 0 Å². The average Bonchev–Trinajstić information content (AvgIpc) is 2.83. The van der Waals surface area contributed by atoms with Gasteiger partial charge in [0.1, 0.15) is 11.5 Å². The molecule has 1 atom stereocenters. The topological polar surface area (TPSA) is 41.9 Å². The highest BCUT2D eigenvalue weighted by Gasteiger charge is 2.15. The van der Waals surface area contributed by atoms with Gasteiger partial charge in [0.25, 0.3) is 0 Å². The molecule has 3 rings (SSSR count). The second-order valence-electron chi connectivity index (χ2n) is 7.35. The molecule has 7 heteroatoms. The lowest BCUT2D eigenvalue weighted by molar-refractivity contribution is 0.399. The highest BCUT2D eigenvalue weighted by Crippen LogP contribution is 2.29. The lowest BCUT2D eigenvalue weighted by Crippen LogP contribution is -2.19. The van der Waals surface area contributed by atoms with Gasteiger partial charge in [-0.2, -0.15) is 0 Å². The van der Waals surface area contributed by atoms with Crippen LogP contribution in [0.4, 0.5) is 0 Å².